The number of carbonyl (C=O) groups is 1. The molecule has 0 saturated heterocycles. The summed E-state index contributed by atoms with van der Waals surface area (Å²) in [5.41, 5.74) is 0.682. The lowest BCUT2D eigenvalue weighted by molar-refractivity contribution is 0.182. The highest BCUT2D eigenvalue weighted by molar-refractivity contribution is 5.90. The molecule has 2 heterocycles. The maximum Gasteiger partial charge on any atom is 0.322 e. The van der Waals surface area contributed by atoms with Crippen molar-refractivity contribution in [1.29, 1.82) is 0 Å². The summed E-state index contributed by atoms with van der Waals surface area (Å²) in [7, 11) is 0. The summed E-state index contributed by atoms with van der Waals surface area (Å²) in [4.78, 5) is 14.0. The topological polar surface area (TPSA) is 58.4 Å². The van der Waals surface area contributed by atoms with Gasteiger partial charge in [0.05, 0.1) is 17.8 Å². The first-order valence-electron chi connectivity index (χ1n) is 8.89. The maximum absolute atomic E-state index is 14.2. The fraction of sp³-hybridized carbons (Fsp3) is 0.200. The van der Waals surface area contributed by atoms with Crippen molar-refractivity contribution in [3.05, 3.63) is 70.7 Å². The monoisotopic (exact) mass is 423 g/mol. The zero-order chi connectivity index (χ0) is 21.6. The molecule has 0 radical (unpaired) electrons. The Kier molecular flexibility index (Phi) is 4.92. The van der Waals surface area contributed by atoms with Gasteiger partial charge in [-0.3, -0.25) is 0 Å². The Bertz CT molecular complexity index is 1120. The van der Waals surface area contributed by atoms with Crippen LogP contribution in [0.3, 0.4) is 0 Å². The van der Waals surface area contributed by atoms with Gasteiger partial charge in [0.1, 0.15) is 11.6 Å². The number of rotatable bonds is 2. The molecule has 30 heavy (non-hydrogen) atoms. The average molecular weight is 423 g/mol. The minimum atomic E-state index is -1.64. The van der Waals surface area contributed by atoms with Gasteiger partial charge >= 0.3 is 6.03 Å². The van der Waals surface area contributed by atoms with E-state index in [4.69, 9.17) is 4.52 Å². The second-order valence-corrected chi connectivity index (χ2v) is 6.93. The van der Waals surface area contributed by atoms with Gasteiger partial charge in [-0.25, -0.2) is 26.7 Å². The Labute approximate surface area is 167 Å². The number of benzene rings is 2. The molecule has 1 atom stereocenters. The van der Waals surface area contributed by atoms with Crippen LogP contribution >= 0.6 is 0 Å². The number of hydrogen-bond donors (Lipinski definition) is 1. The van der Waals surface area contributed by atoms with Crippen molar-refractivity contribution >= 4 is 11.7 Å². The van der Waals surface area contributed by atoms with Gasteiger partial charge in [0.15, 0.2) is 23.2 Å². The SMILES string of the molecule is CC1Cc2noc(-c3ccc(F)cc3F)c2CN1C(=O)Nc1cc(F)c(F)c(F)c1. The van der Waals surface area contributed by atoms with Crippen molar-refractivity contribution in [2.45, 2.75) is 25.9 Å². The molecule has 0 spiro atoms. The summed E-state index contributed by atoms with van der Waals surface area (Å²) in [5, 5.41) is 6.24. The largest absolute Gasteiger partial charge is 0.356 e. The molecule has 0 saturated carbocycles. The number of nitrogens with one attached hydrogen (secondary N) is 1. The Morgan fingerprint density at radius 2 is 1.80 bits per heavy atom. The van der Waals surface area contributed by atoms with Crippen molar-refractivity contribution in [2.24, 2.45) is 0 Å². The van der Waals surface area contributed by atoms with Crippen LogP contribution in [0.15, 0.2) is 34.9 Å². The van der Waals surface area contributed by atoms with Gasteiger partial charge in [0.2, 0.25) is 0 Å². The summed E-state index contributed by atoms with van der Waals surface area (Å²) in [5.74, 6) is -6.05. The minimum absolute atomic E-state index is 0.0114. The Morgan fingerprint density at radius 1 is 1.10 bits per heavy atom. The number of carbonyl (C=O) groups excluding carboxylic acids is 1. The number of fused-ring (bicyclic) bond motifs is 1. The number of aromatic nitrogens is 1. The summed E-state index contributed by atoms with van der Waals surface area (Å²) in [6.45, 7) is 1.69. The second kappa shape index (κ2) is 7.43. The van der Waals surface area contributed by atoms with E-state index in [2.05, 4.69) is 10.5 Å². The molecule has 0 fully saturated rings. The van der Waals surface area contributed by atoms with Gasteiger partial charge < -0.3 is 14.7 Å². The van der Waals surface area contributed by atoms with Gasteiger partial charge in [0, 0.05) is 41.9 Å². The molecule has 2 amide bonds. The number of urea groups is 1. The molecule has 1 aliphatic heterocycles. The lowest BCUT2D eigenvalue weighted by Crippen LogP contribution is -2.44. The smallest absolute Gasteiger partial charge is 0.322 e. The van der Waals surface area contributed by atoms with Crippen LogP contribution in [0.4, 0.5) is 32.4 Å². The number of amides is 2. The Hall–Kier alpha value is -3.43. The minimum Gasteiger partial charge on any atom is -0.356 e. The van der Waals surface area contributed by atoms with Crippen molar-refractivity contribution < 1.29 is 31.3 Å². The highest BCUT2D eigenvalue weighted by atomic mass is 19.2. The number of halogens is 5. The fourth-order valence-corrected chi connectivity index (χ4v) is 3.36. The molecule has 1 aliphatic rings. The third-order valence-electron chi connectivity index (χ3n) is 4.89. The Balaban J connectivity index is 1.61. The number of nitrogens with zero attached hydrogens (tertiary/aromatic N) is 2. The van der Waals surface area contributed by atoms with Gasteiger partial charge in [-0.1, -0.05) is 5.16 Å². The van der Waals surface area contributed by atoms with Crippen LogP contribution in [0.25, 0.3) is 11.3 Å². The first-order valence-corrected chi connectivity index (χ1v) is 8.89. The van der Waals surface area contributed by atoms with Crippen molar-refractivity contribution in [3.8, 4) is 11.3 Å². The van der Waals surface area contributed by atoms with E-state index < -0.39 is 35.1 Å². The lowest BCUT2D eigenvalue weighted by atomic mass is 9.97. The molecule has 5 nitrogen and oxygen atoms in total. The van der Waals surface area contributed by atoms with Crippen LogP contribution in [0.5, 0.6) is 0 Å². The second-order valence-electron chi connectivity index (χ2n) is 6.93. The normalized spacial score (nSPS) is 15.8. The van der Waals surface area contributed by atoms with E-state index in [-0.39, 0.29) is 36.0 Å². The van der Waals surface area contributed by atoms with Crippen LogP contribution in [0, 0.1) is 29.1 Å². The van der Waals surface area contributed by atoms with E-state index >= 15 is 0 Å². The van der Waals surface area contributed by atoms with Crippen molar-refractivity contribution in [3.63, 3.8) is 0 Å². The molecule has 3 aromatic rings. The number of hydrogen-bond acceptors (Lipinski definition) is 3. The first-order chi connectivity index (χ1) is 14.2. The zero-order valence-electron chi connectivity index (χ0n) is 15.5. The van der Waals surface area contributed by atoms with Crippen LogP contribution in [-0.2, 0) is 13.0 Å². The first kappa shape index (κ1) is 19.9. The van der Waals surface area contributed by atoms with E-state index in [1.807, 2.05) is 0 Å². The summed E-state index contributed by atoms with van der Waals surface area (Å²) >= 11 is 0. The summed E-state index contributed by atoms with van der Waals surface area (Å²) in [6, 6.07) is 3.23. The molecule has 0 bridgehead atoms. The third-order valence-corrected chi connectivity index (χ3v) is 4.89. The van der Waals surface area contributed by atoms with Crippen LogP contribution in [0.2, 0.25) is 0 Å². The highest BCUT2D eigenvalue weighted by Gasteiger charge is 2.33. The van der Waals surface area contributed by atoms with Crippen LogP contribution in [-0.4, -0.2) is 22.1 Å². The van der Waals surface area contributed by atoms with Gasteiger partial charge in [0.25, 0.3) is 0 Å². The molecule has 4 rings (SSSR count). The molecular weight excluding hydrogens is 409 g/mol. The van der Waals surface area contributed by atoms with Crippen molar-refractivity contribution in [1.82, 2.24) is 10.1 Å². The fourth-order valence-electron chi connectivity index (χ4n) is 3.36. The van der Waals surface area contributed by atoms with E-state index in [1.165, 1.54) is 11.0 Å². The molecule has 156 valence electrons. The summed E-state index contributed by atoms with van der Waals surface area (Å²) in [6.07, 6.45) is 0.279. The van der Waals surface area contributed by atoms with E-state index in [9.17, 15) is 26.7 Å². The molecule has 0 aliphatic carbocycles. The van der Waals surface area contributed by atoms with Gasteiger partial charge in [-0.2, -0.15) is 0 Å². The lowest BCUT2D eigenvalue weighted by Gasteiger charge is -2.32. The quantitative estimate of drug-likeness (QED) is 0.465. The van der Waals surface area contributed by atoms with E-state index in [1.54, 1.807) is 6.92 Å². The summed E-state index contributed by atoms with van der Waals surface area (Å²) < 4.78 is 72.6. The highest BCUT2D eigenvalue weighted by Crippen LogP contribution is 2.34. The van der Waals surface area contributed by atoms with Crippen molar-refractivity contribution in [2.75, 3.05) is 5.32 Å². The molecule has 10 heteroatoms. The average Bonchev–Trinajstić information content (AvgIpc) is 3.07. The van der Waals surface area contributed by atoms with E-state index in [0.717, 1.165) is 6.07 Å². The zero-order valence-corrected chi connectivity index (χ0v) is 15.5. The molecular formula is C20H14F5N3O2. The van der Waals surface area contributed by atoms with E-state index in [0.29, 0.717) is 29.5 Å². The molecule has 1 N–H and O–H groups in total. The third kappa shape index (κ3) is 3.49. The standard InChI is InChI=1S/C20H14F5N3O2/c1-9-4-17-13(19(30-27-17)12-3-2-10(21)5-14(12)22)8-28(9)20(29)26-11-6-15(23)18(25)16(24)7-11/h2-3,5-7,9H,4,8H2,1H3,(H,26,29). The molecule has 1 unspecified atom stereocenters. The van der Waals surface area contributed by atoms with Crippen LogP contribution in [0.1, 0.15) is 18.2 Å². The maximum atomic E-state index is 14.2. The van der Waals surface area contributed by atoms with Gasteiger partial charge in [-0.05, 0) is 19.1 Å². The number of anilines is 1. The predicted molar refractivity (Wildman–Crippen MR) is 95.9 cm³/mol. The Morgan fingerprint density at radius 3 is 2.47 bits per heavy atom. The van der Waals surface area contributed by atoms with Gasteiger partial charge in [-0.15, -0.1) is 0 Å². The molecule has 1 aromatic heterocycles. The van der Waals surface area contributed by atoms with Crippen LogP contribution < -0.4 is 5.32 Å². The molecule has 2 aromatic carbocycles. The predicted octanol–water partition coefficient (Wildman–Crippen LogP) is 5.02.